The molecule has 0 fully saturated rings. The number of benzene rings is 2. The summed E-state index contributed by atoms with van der Waals surface area (Å²) >= 11 is 1.68. The van der Waals surface area contributed by atoms with E-state index in [1.807, 2.05) is 19.9 Å². The number of carbonyl (C=O) groups is 2. The Labute approximate surface area is 152 Å². The van der Waals surface area contributed by atoms with Crippen molar-refractivity contribution in [1.29, 1.82) is 0 Å². The molecule has 0 aromatic heterocycles. The summed E-state index contributed by atoms with van der Waals surface area (Å²) in [5.41, 5.74) is 3.33. The molecular weight excluding hydrogens is 334 g/mol. The van der Waals surface area contributed by atoms with Crippen LogP contribution in [-0.2, 0) is 0 Å². The number of imide groups is 1. The van der Waals surface area contributed by atoms with Crippen molar-refractivity contribution in [2.75, 3.05) is 24.7 Å². The van der Waals surface area contributed by atoms with Crippen molar-refractivity contribution in [2.24, 2.45) is 0 Å². The number of hydrogen-bond acceptors (Lipinski definition) is 4. The molecular formula is C20H21NO3S. The number of rotatable bonds is 7. The Kier molecular flexibility index (Phi) is 5.43. The van der Waals surface area contributed by atoms with Gasteiger partial charge in [0.05, 0.1) is 17.7 Å². The Balaban J connectivity index is 1.42. The van der Waals surface area contributed by atoms with E-state index in [1.54, 1.807) is 36.0 Å². The van der Waals surface area contributed by atoms with Gasteiger partial charge in [0.2, 0.25) is 0 Å². The third-order valence-electron chi connectivity index (χ3n) is 4.17. The van der Waals surface area contributed by atoms with Crippen molar-refractivity contribution in [3.8, 4) is 5.75 Å². The molecule has 25 heavy (non-hydrogen) atoms. The van der Waals surface area contributed by atoms with Crippen LogP contribution in [0.3, 0.4) is 0 Å². The standard InChI is InChI=1S/C20H21NO3S/c1-14-7-8-15(2)18(13-14)24-10-12-25-11-9-21-19(22)16-5-3-4-6-17(16)20(21)23/h3-8,13H,9-12H2,1-2H3. The third-order valence-corrected chi connectivity index (χ3v) is 5.09. The van der Waals surface area contributed by atoms with E-state index in [2.05, 4.69) is 12.1 Å². The van der Waals surface area contributed by atoms with Gasteiger partial charge in [-0.05, 0) is 43.2 Å². The first-order valence-corrected chi connectivity index (χ1v) is 9.46. The maximum Gasteiger partial charge on any atom is 0.261 e. The van der Waals surface area contributed by atoms with E-state index >= 15 is 0 Å². The molecule has 1 aliphatic rings. The lowest BCUT2D eigenvalue weighted by atomic mass is 10.1. The van der Waals surface area contributed by atoms with Crippen LogP contribution in [0.1, 0.15) is 31.8 Å². The number of amides is 2. The lowest BCUT2D eigenvalue weighted by Crippen LogP contribution is -2.32. The molecule has 0 atom stereocenters. The molecule has 0 radical (unpaired) electrons. The van der Waals surface area contributed by atoms with Crippen LogP contribution in [0.4, 0.5) is 0 Å². The molecule has 0 aliphatic carbocycles. The molecule has 3 rings (SSSR count). The number of fused-ring (bicyclic) bond motifs is 1. The smallest absolute Gasteiger partial charge is 0.261 e. The van der Waals surface area contributed by atoms with Gasteiger partial charge in [-0.15, -0.1) is 0 Å². The van der Waals surface area contributed by atoms with Crippen LogP contribution in [0.2, 0.25) is 0 Å². The summed E-state index contributed by atoms with van der Waals surface area (Å²) in [4.78, 5) is 25.8. The molecule has 2 amide bonds. The van der Waals surface area contributed by atoms with Crippen LogP contribution >= 0.6 is 11.8 Å². The second-order valence-electron chi connectivity index (χ2n) is 6.04. The molecule has 0 N–H and O–H groups in total. The van der Waals surface area contributed by atoms with E-state index in [1.165, 1.54) is 10.5 Å². The monoisotopic (exact) mass is 355 g/mol. The molecule has 0 spiro atoms. The number of hydrogen-bond donors (Lipinski definition) is 0. The lowest BCUT2D eigenvalue weighted by molar-refractivity contribution is 0.0664. The predicted molar refractivity (Wildman–Crippen MR) is 101 cm³/mol. The molecule has 2 aromatic rings. The minimum atomic E-state index is -0.187. The largest absolute Gasteiger partial charge is 0.492 e. The number of carbonyl (C=O) groups excluding carboxylic acids is 2. The van der Waals surface area contributed by atoms with Crippen LogP contribution in [0.5, 0.6) is 5.75 Å². The maximum absolute atomic E-state index is 12.3. The van der Waals surface area contributed by atoms with Crippen LogP contribution < -0.4 is 4.74 Å². The fourth-order valence-electron chi connectivity index (χ4n) is 2.77. The van der Waals surface area contributed by atoms with Gasteiger partial charge in [0, 0.05) is 18.1 Å². The van der Waals surface area contributed by atoms with Gasteiger partial charge in [-0.25, -0.2) is 0 Å². The quantitative estimate of drug-likeness (QED) is 0.561. The molecule has 5 heteroatoms. The van der Waals surface area contributed by atoms with Gasteiger partial charge in [-0.3, -0.25) is 14.5 Å². The van der Waals surface area contributed by atoms with E-state index < -0.39 is 0 Å². The van der Waals surface area contributed by atoms with Gasteiger partial charge in [0.25, 0.3) is 11.8 Å². The van der Waals surface area contributed by atoms with E-state index in [4.69, 9.17) is 4.74 Å². The summed E-state index contributed by atoms with van der Waals surface area (Å²) in [6, 6.07) is 13.2. The van der Waals surface area contributed by atoms with E-state index in [9.17, 15) is 9.59 Å². The Bertz CT molecular complexity index is 768. The third kappa shape index (κ3) is 3.87. The van der Waals surface area contributed by atoms with E-state index in [0.29, 0.717) is 30.0 Å². The van der Waals surface area contributed by atoms with Crippen LogP contribution in [0, 0.1) is 13.8 Å². The average molecular weight is 355 g/mol. The van der Waals surface area contributed by atoms with Crippen LogP contribution in [0.25, 0.3) is 0 Å². The van der Waals surface area contributed by atoms with Gasteiger partial charge in [-0.2, -0.15) is 11.8 Å². The zero-order valence-electron chi connectivity index (χ0n) is 14.5. The number of aryl methyl sites for hydroxylation is 2. The zero-order chi connectivity index (χ0) is 17.8. The normalized spacial score (nSPS) is 13.3. The highest BCUT2D eigenvalue weighted by Gasteiger charge is 2.34. The molecule has 130 valence electrons. The highest BCUT2D eigenvalue weighted by atomic mass is 32.2. The fraction of sp³-hybridized carbons (Fsp3) is 0.300. The van der Waals surface area contributed by atoms with Gasteiger partial charge in [0.1, 0.15) is 5.75 Å². The lowest BCUT2D eigenvalue weighted by Gasteiger charge is -2.13. The van der Waals surface area contributed by atoms with E-state index in [0.717, 1.165) is 17.1 Å². The summed E-state index contributed by atoms with van der Waals surface area (Å²) in [6.07, 6.45) is 0. The van der Waals surface area contributed by atoms with Crippen molar-refractivity contribution < 1.29 is 14.3 Å². The first-order valence-electron chi connectivity index (χ1n) is 8.31. The molecule has 0 saturated heterocycles. The molecule has 0 saturated carbocycles. The minimum Gasteiger partial charge on any atom is -0.492 e. The van der Waals surface area contributed by atoms with Gasteiger partial charge < -0.3 is 4.74 Å². The van der Waals surface area contributed by atoms with Crippen molar-refractivity contribution in [3.05, 3.63) is 64.7 Å². The SMILES string of the molecule is Cc1ccc(C)c(OCCSCCN2C(=O)c3ccccc3C2=O)c1. The van der Waals surface area contributed by atoms with Gasteiger partial charge >= 0.3 is 0 Å². The summed E-state index contributed by atoms with van der Waals surface area (Å²) in [6.45, 7) is 5.12. The van der Waals surface area contributed by atoms with Crippen molar-refractivity contribution in [3.63, 3.8) is 0 Å². The first kappa shape index (κ1) is 17.5. The van der Waals surface area contributed by atoms with Gasteiger partial charge in [0.15, 0.2) is 0 Å². The molecule has 4 nitrogen and oxygen atoms in total. The highest BCUT2D eigenvalue weighted by Crippen LogP contribution is 2.23. The first-order chi connectivity index (χ1) is 12.1. The Morgan fingerprint density at radius 1 is 0.960 bits per heavy atom. The molecule has 2 aromatic carbocycles. The Hall–Kier alpha value is -2.27. The van der Waals surface area contributed by atoms with Crippen molar-refractivity contribution in [2.45, 2.75) is 13.8 Å². The van der Waals surface area contributed by atoms with Crippen LogP contribution in [-0.4, -0.2) is 41.4 Å². The second-order valence-corrected chi connectivity index (χ2v) is 7.26. The molecule has 0 bridgehead atoms. The zero-order valence-corrected chi connectivity index (χ0v) is 15.3. The Morgan fingerprint density at radius 3 is 2.32 bits per heavy atom. The molecule has 1 heterocycles. The summed E-state index contributed by atoms with van der Waals surface area (Å²) in [7, 11) is 0. The van der Waals surface area contributed by atoms with Gasteiger partial charge in [-0.1, -0.05) is 24.3 Å². The summed E-state index contributed by atoms with van der Waals surface area (Å²) in [5, 5.41) is 0. The van der Waals surface area contributed by atoms with Crippen molar-refractivity contribution in [1.82, 2.24) is 4.90 Å². The minimum absolute atomic E-state index is 0.187. The summed E-state index contributed by atoms with van der Waals surface area (Å²) in [5.74, 6) is 2.07. The number of thioether (sulfide) groups is 1. The topological polar surface area (TPSA) is 46.6 Å². The molecule has 1 aliphatic heterocycles. The predicted octanol–water partition coefficient (Wildman–Crippen LogP) is 3.71. The Morgan fingerprint density at radius 2 is 1.64 bits per heavy atom. The van der Waals surface area contributed by atoms with E-state index in [-0.39, 0.29) is 11.8 Å². The molecule has 0 unspecified atom stereocenters. The number of ether oxygens (including phenoxy) is 1. The second kappa shape index (κ2) is 7.74. The highest BCUT2D eigenvalue weighted by molar-refractivity contribution is 7.99. The van der Waals surface area contributed by atoms with Crippen LogP contribution in [0.15, 0.2) is 42.5 Å². The fourth-order valence-corrected chi connectivity index (χ4v) is 3.49. The average Bonchev–Trinajstić information content (AvgIpc) is 2.86. The van der Waals surface area contributed by atoms with Crippen molar-refractivity contribution >= 4 is 23.6 Å². The maximum atomic E-state index is 12.3. The summed E-state index contributed by atoms with van der Waals surface area (Å²) < 4.78 is 5.81. The number of nitrogens with zero attached hydrogens (tertiary/aromatic N) is 1.